The molecule has 0 atom stereocenters. The third kappa shape index (κ3) is 4.38. The molecule has 0 radical (unpaired) electrons. The zero-order chi connectivity index (χ0) is 23.3. The molecule has 0 spiro atoms. The van der Waals surface area contributed by atoms with Gasteiger partial charge in [-0.25, -0.2) is 4.99 Å². The second-order valence-corrected chi connectivity index (χ2v) is 7.95. The molecule has 5 rings (SSSR count). The predicted molar refractivity (Wildman–Crippen MR) is 136 cm³/mol. The Morgan fingerprint density at radius 1 is 0.912 bits per heavy atom. The number of nitrogens with zero attached hydrogens (tertiary/aromatic N) is 3. The lowest BCUT2D eigenvalue weighted by Crippen LogP contribution is -2.08. The summed E-state index contributed by atoms with van der Waals surface area (Å²) in [5.41, 5.74) is 5.29. The number of aromatic hydroxyl groups is 1. The fourth-order valence-corrected chi connectivity index (χ4v) is 3.97. The highest BCUT2D eigenvalue weighted by molar-refractivity contribution is 6.22. The maximum Gasteiger partial charge on any atom is 0.199 e. The van der Waals surface area contributed by atoms with E-state index in [0.717, 1.165) is 34.3 Å². The van der Waals surface area contributed by atoms with Crippen LogP contribution < -0.4 is 0 Å². The lowest BCUT2D eigenvalue weighted by atomic mass is 10.00. The Hall–Kier alpha value is -4.82. The van der Waals surface area contributed by atoms with Gasteiger partial charge in [0.15, 0.2) is 5.88 Å². The molecule has 1 aliphatic heterocycles. The van der Waals surface area contributed by atoms with E-state index in [2.05, 4.69) is 28.1 Å². The summed E-state index contributed by atoms with van der Waals surface area (Å²) in [6.07, 6.45) is 12.1. The maximum absolute atomic E-state index is 10.8. The quantitative estimate of drug-likeness (QED) is 0.356. The number of aliphatic imine (C=N–C) groups is 1. The summed E-state index contributed by atoms with van der Waals surface area (Å²) in [6.45, 7) is 0.754. The first-order valence-electron chi connectivity index (χ1n) is 11.0. The molecule has 164 valence electrons. The molecule has 0 unspecified atom stereocenters. The minimum atomic E-state index is 0.0256. The van der Waals surface area contributed by atoms with Crippen LogP contribution in [0.2, 0.25) is 0 Å². The highest BCUT2D eigenvalue weighted by Gasteiger charge is 2.19. The first-order valence-corrected chi connectivity index (χ1v) is 11.0. The summed E-state index contributed by atoms with van der Waals surface area (Å²) in [7, 11) is 0. The number of nitriles is 1. The first-order chi connectivity index (χ1) is 16.7. The highest BCUT2D eigenvalue weighted by atomic mass is 16.3. The van der Waals surface area contributed by atoms with Crippen molar-refractivity contribution in [3.63, 3.8) is 0 Å². The Bertz CT molecular complexity index is 1470. The third-order valence-electron chi connectivity index (χ3n) is 5.62. The number of hydrogen-bond acceptors (Lipinski definition) is 4. The Labute approximate surface area is 197 Å². The van der Waals surface area contributed by atoms with Crippen molar-refractivity contribution < 1.29 is 5.11 Å². The Morgan fingerprint density at radius 3 is 2.35 bits per heavy atom. The van der Waals surface area contributed by atoms with E-state index in [1.54, 1.807) is 18.2 Å². The van der Waals surface area contributed by atoms with Crippen molar-refractivity contribution in [3.8, 4) is 11.9 Å². The van der Waals surface area contributed by atoms with Gasteiger partial charge in [0, 0.05) is 35.4 Å². The number of allylic oxidation sites excluding steroid dienone is 4. The van der Waals surface area contributed by atoms with Gasteiger partial charge in [-0.2, -0.15) is 5.26 Å². The molecule has 0 amide bonds. The van der Waals surface area contributed by atoms with Crippen LogP contribution in [0.4, 0.5) is 5.69 Å². The van der Waals surface area contributed by atoms with E-state index >= 15 is 0 Å². The van der Waals surface area contributed by atoms with Crippen molar-refractivity contribution in [2.75, 3.05) is 0 Å². The van der Waals surface area contributed by atoms with E-state index in [1.165, 1.54) is 0 Å². The minimum Gasteiger partial charge on any atom is -0.494 e. The number of aromatic nitrogens is 1. The van der Waals surface area contributed by atoms with Gasteiger partial charge in [-0.15, -0.1) is 0 Å². The number of hydrogen-bond donors (Lipinski definition) is 2. The average molecular weight is 443 g/mol. The molecule has 0 aliphatic carbocycles. The summed E-state index contributed by atoms with van der Waals surface area (Å²) in [5, 5.41) is 20.9. The maximum atomic E-state index is 10.8. The molecular weight excluding hydrogens is 420 g/mol. The molecule has 5 nitrogen and oxygen atoms in total. The normalized spacial score (nSPS) is 13.3. The van der Waals surface area contributed by atoms with Gasteiger partial charge in [0.1, 0.15) is 0 Å². The number of H-pyrrole nitrogens is 1. The predicted octanol–water partition coefficient (Wildman–Crippen LogP) is 6.31. The fraction of sp³-hybridized carbons (Fsp3) is 0.0345. The van der Waals surface area contributed by atoms with E-state index in [1.807, 2.05) is 79.2 Å². The average Bonchev–Trinajstić information content (AvgIpc) is 3.01. The molecule has 2 heterocycles. The van der Waals surface area contributed by atoms with Crippen LogP contribution in [0, 0.1) is 11.3 Å². The van der Waals surface area contributed by atoms with Gasteiger partial charge in [-0.3, -0.25) is 0 Å². The number of fused-ring (bicyclic) bond motifs is 1. The summed E-state index contributed by atoms with van der Waals surface area (Å²) >= 11 is 0. The summed E-state index contributed by atoms with van der Waals surface area (Å²) in [4.78, 5) is 10.1. The van der Waals surface area contributed by atoms with Crippen LogP contribution in [0.5, 0.6) is 5.88 Å². The molecule has 0 fully saturated rings. The van der Waals surface area contributed by atoms with Gasteiger partial charge in [0.25, 0.3) is 0 Å². The van der Waals surface area contributed by atoms with Crippen LogP contribution in [0.3, 0.4) is 0 Å². The molecule has 4 aromatic rings. The molecule has 0 bridgehead atoms. The molecule has 34 heavy (non-hydrogen) atoms. The summed E-state index contributed by atoms with van der Waals surface area (Å²) in [5.74, 6) is 0.0256. The monoisotopic (exact) mass is 442 g/mol. The van der Waals surface area contributed by atoms with Gasteiger partial charge >= 0.3 is 0 Å². The zero-order valence-electron chi connectivity index (χ0n) is 18.4. The van der Waals surface area contributed by atoms with Crippen LogP contribution in [0.15, 0.2) is 114 Å². The summed E-state index contributed by atoms with van der Waals surface area (Å²) in [6, 6.07) is 25.3. The SMILES string of the molecule is N#Cc1ccc2[nH]c(O)c(C(=Nc3ccc(CN4C=CC=CC=C4)cc3)c3ccccc3)c2c1. The number of aromatic amines is 1. The molecule has 0 saturated heterocycles. The highest BCUT2D eigenvalue weighted by Crippen LogP contribution is 2.32. The fourth-order valence-electron chi connectivity index (χ4n) is 3.97. The van der Waals surface area contributed by atoms with Crippen molar-refractivity contribution in [1.29, 1.82) is 5.26 Å². The van der Waals surface area contributed by atoms with E-state index in [9.17, 15) is 10.4 Å². The Morgan fingerprint density at radius 2 is 1.65 bits per heavy atom. The first kappa shape index (κ1) is 21.0. The Balaban J connectivity index is 1.55. The zero-order valence-corrected chi connectivity index (χ0v) is 18.4. The molecule has 0 saturated carbocycles. The minimum absolute atomic E-state index is 0.0256. The van der Waals surface area contributed by atoms with E-state index in [4.69, 9.17) is 4.99 Å². The van der Waals surface area contributed by atoms with Gasteiger partial charge in [-0.05, 0) is 48.0 Å². The van der Waals surface area contributed by atoms with Gasteiger partial charge in [0.05, 0.1) is 28.6 Å². The molecule has 2 N–H and O–H groups in total. The topological polar surface area (TPSA) is 75.4 Å². The third-order valence-corrected chi connectivity index (χ3v) is 5.62. The lowest BCUT2D eigenvalue weighted by Gasteiger charge is -2.15. The van der Waals surface area contributed by atoms with Crippen molar-refractivity contribution in [1.82, 2.24) is 9.88 Å². The molecular formula is C29H22N4O. The Kier molecular flexibility index (Phi) is 5.79. The van der Waals surface area contributed by atoms with Gasteiger partial charge in [-0.1, -0.05) is 54.6 Å². The second kappa shape index (κ2) is 9.35. The molecule has 1 aliphatic rings. The van der Waals surface area contributed by atoms with Crippen LogP contribution in [-0.4, -0.2) is 20.7 Å². The van der Waals surface area contributed by atoms with Crippen molar-refractivity contribution >= 4 is 22.3 Å². The van der Waals surface area contributed by atoms with Crippen LogP contribution in [0.25, 0.3) is 10.9 Å². The lowest BCUT2D eigenvalue weighted by molar-refractivity contribution is 0.457. The molecule has 5 heteroatoms. The standard InChI is InChI=1S/C29H22N4O/c30-19-22-12-15-26-25(18-22)27(29(34)32-26)28(23-8-4-3-5-9-23)31-24-13-10-21(11-14-24)20-33-16-6-1-2-7-17-33/h1-18,32,34H,20H2. The number of nitrogens with one attached hydrogen (secondary N) is 1. The van der Waals surface area contributed by atoms with Crippen LogP contribution >= 0.6 is 0 Å². The molecule has 1 aromatic heterocycles. The van der Waals surface area contributed by atoms with Crippen molar-refractivity contribution in [3.05, 3.63) is 132 Å². The second-order valence-electron chi connectivity index (χ2n) is 7.95. The van der Waals surface area contributed by atoms with Crippen LogP contribution in [0.1, 0.15) is 22.3 Å². The van der Waals surface area contributed by atoms with E-state index in [0.29, 0.717) is 16.8 Å². The van der Waals surface area contributed by atoms with E-state index in [-0.39, 0.29) is 5.88 Å². The summed E-state index contributed by atoms with van der Waals surface area (Å²) < 4.78 is 0. The number of benzene rings is 3. The number of rotatable bonds is 5. The van der Waals surface area contributed by atoms with Crippen molar-refractivity contribution in [2.45, 2.75) is 6.54 Å². The van der Waals surface area contributed by atoms with Gasteiger partial charge < -0.3 is 15.0 Å². The van der Waals surface area contributed by atoms with Gasteiger partial charge in [0.2, 0.25) is 0 Å². The largest absolute Gasteiger partial charge is 0.494 e. The smallest absolute Gasteiger partial charge is 0.199 e. The van der Waals surface area contributed by atoms with E-state index < -0.39 is 0 Å². The van der Waals surface area contributed by atoms with Crippen molar-refractivity contribution in [2.24, 2.45) is 4.99 Å². The molecule has 3 aromatic carbocycles. The van der Waals surface area contributed by atoms with Crippen LogP contribution in [-0.2, 0) is 6.54 Å².